The van der Waals surface area contributed by atoms with Crippen LogP contribution in [-0.4, -0.2) is 17.6 Å². The van der Waals surface area contributed by atoms with Crippen LogP contribution in [0.3, 0.4) is 0 Å². The quantitative estimate of drug-likeness (QED) is 0.754. The molecule has 1 aliphatic rings. The van der Waals surface area contributed by atoms with Gasteiger partial charge in [0.1, 0.15) is 0 Å². The first-order chi connectivity index (χ1) is 5.95. The van der Waals surface area contributed by atoms with Crippen molar-refractivity contribution in [2.75, 3.05) is 6.54 Å². The predicted octanol–water partition coefficient (Wildman–Crippen LogP) is 1.83. The minimum Gasteiger partial charge on any atom is -0.314 e. The van der Waals surface area contributed by atoms with E-state index < -0.39 is 0 Å². The van der Waals surface area contributed by atoms with Crippen molar-refractivity contribution >= 4 is 11.3 Å². The summed E-state index contributed by atoms with van der Waals surface area (Å²) in [5.74, 6) is 0. The number of nitrogens with one attached hydrogen (secondary N) is 1. The molecule has 0 aromatic carbocycles. The first kappa shape index (κ1) is 8.20. The van der Waals surface area contributed by atoms with E-state index in [4.69, 9.17) is 0 Å². The highest BCUT2D eigenvalue weighted by atomic mass is 32.1. The Morgan fingerprint density at radius 3 is 3.25 bits per heavy atom. The lowest BCUT2D eigenvalue weighted by molar-refractivity contribution is 0.399. The van der Waals surface area contributed by atoms with E-state index in [1.54, 1.807) is 11.3 Å². The van der Waals surface area contributed by atoms with E-state index in [-0.39, 0.29) is 0 Å². The van der Waals surface area contributed by atoms with Gasteiger partial charge < -0.3 is 5.32 Å². The largest absolute Gasteiger partial charge is 0.314 e. The zero-order valence-electron chi connectivity index (χ0n) is 7.12. The fraction of sp³-hybridized carbons (Fsp3) is 0.667. The van der Waals surface area contributed by atoms with Gasteiger partial charge in [0.15, 0.2) is 0 Å². The number of rotatable bonds is 2. The lowest BCUT2D eigenvalue weighted by Gasteiger charge is -2.22. The van der Waals surface area contributed by atoms with Gasteiger partial charge in [0.25, 0.3) is 0 Å². The van der Waals surface area contributed by atoms with E-state index in [1.165, 1.54) is 30.8 Å². The van der Waals surface area contributed by atoms with Crippen molar-refractivity contribution in [3.05, 3.63) is 16.6 Å². The third kappa shape index (κ3) is 2.05. The van der Waals surface area contributed by atoms with Crippen LogP contribution >= 0.6 is 11.3 Å². The molecule has 12 heavy (non-hydrogen) atoms. The third-order valence-corrected chi connectivity index (χ3v) is 3.12. The molecule has 0 aliphatic carbocycles. The van der Waals surface area contributed by atoms with Crippen LogP contribution in [0, 0.1) is 0 Å². The van der Waals surface area contributed by atoms with E-state index in [2.05, 4.69) is 15.7 Å². The second-order valence-corrected chi connectivity index (χ2v) is 4.26. The summed E-state index contributed by atoms with van der Waals surface area (Å²) in [6, 6.07) is 0.685. The zero-order valence-corrected chi connectivity index (χ0v) is 7.94. The Morgan fingerprint density at radius 2 is 2.58 bits per heavy atom. The third-order valence-electron chi connectivity index (χ3n) is 2.32. The highest BCUT2D eigenvalue weighted by Gasteiger charge is 2.13. The van der Waals surface area contributed by atoms with Crippen LogP contribution in [-0.2, 0) is 6.42 Å². The smallest absolute Gasteiger partial charge is 0.0940 e. The molecule has 2 heterocycles. The van der Waals surface area contributed by atoms with Gasteiger partial charge in [-0.2, -0.15) is 0 Å². The molecule has 0 amide bonds. The summed E-state index contributed by atoms with van der Waals surface area (Å²) in [5.41, 5.74) is 0. The molecule has 0 unspecified atom stereocenters. The van der Waals surface area contributed by atoms with Crippen LogP contribution in [0.5, 0.6) is 0 Å². The number of piperidine rings is 1. The van der Waals surface area contributed by atoms with Gasteiger partial charge in [-0.25, -0.2) is 4.98 Å². The van der Waals surface area contributed by atoms with Gasteiger partial charge in [-0.1, -0.05) is 6.42 Å². The molecular formula is C9H14N2S. The molecule has 1 saturated heterocycles. The molecule has 0 spiro atoms. The van der Waals surface area contributed by atoms with Crippen LogP contribution in [0.1, 0.15) is 24.3 Å². The maximum atomic E-state index is 4.29. The van der Waals surface area contributed by atoms with E-state index >= 15 is 0 Å². The van der Waals surface area contributed by atoms with Gasteiger partial charge in [-0.3, -0.25) is 0 Å². The molecule has 1 aromatic rings. The second kappa shape index (κ2) is 4.01. The maximum absolute atomic E-state index is 4.29. The number of hydrogen-bond donors (Lipinski definition) is 1. The average Bonchev–Trinajstić information content (AvgIpc) is 2.59. The number of aromatic nitrogens is 1. The van der Waals surface area contributed by atoms with Gasteiger partial charge >= 0.3 is 0 Å². The topological polar surface area (TPSA) is 24.9 Å². The SMILES string of the molecule is c1csc(C[C@H]2CCCCN2)n1. The van der Waals surface area contributed by atoms with E-state index in [0.717, 1.165) is 6.42 Å². The van der Waals surface area contributed by atoms with Crippen LogP contribution in [0.25, 0.3) is 0 Å². The predicted molar refractivity (Wildman–Crippen MR) is 51.5 cm³/mol. The Kier molecular flexibility index (Phi) is 2.74. The number of thiazole rings is 1. The van der Waals surface area contributed by atoms with Crippen molar-refractivity contribution in [1.82, 2.24) is 10.3 Å². The highest BCUT2D eigenvalue weighted by molar-refractivity contribution is 7.09. The van der Waals surface area contributed by atoms with E-state index in [0.29, 0.717) is 6.04 Å². The minimum absolute atomic E-state index is 0.685. The Morgan fingerprint density at radius 1 is 1.58 bits per heavy atom. The lowest BCUT2D eigenvalue weighted by Crippen LogP contribution is -2.35. The van der Waals surface area contributed by atoms with E-state index in [1.807, 2.05) is 6.20 Å². The average molecular weight is 182 g/mol. The summed E-state index contributed by atoms with van der Waals surface area (Å²) in [6.07, 6.45) is 7.05. The molecule has 1 fully saturated rings. The van der Waals surface area contributed by atoms with Crippen molar-refractivity contribution in [1.29, 1.82) is 0 Å². The standard InChI is InChI=1S/C9H14N2S/c1-2-4-10-8(3-1)7-9-11-5-6-12-9/h5-6,8,10H,1-4,7H2/t8-/m1/s1. The normalized spacial score (nSPS) is 24.2. The second-order valence-electron chi connectivity index (χ2n) is 3.28. The molecular weight excluding hydrogens is 168 g/mol. The van der Waals surface area contributed by atoms with Crippen LogP contribution in [0.2, 0.25) is 0 Å². The molecule has 1 aromatic heterocycles. The number of hydrogen-bond acceptors (Lipinski definition) is 3. The fourth-order valence-corrected chi connectivity index (χ4v) is 2.36. The molecule has 1 N–H and O–H groups in total. The molecule has 2 nitrogen and oxygen atoms in total. The molecule has 0 bridgehead atoms. The van der Waals surface area contributed by atoms with Gasteiger partial charge in [-0.15, -0.1) is 11.3 Å². The van der Waals surface area contributed by atoms with Gasteiger partial charge in [-0.05, 0) is 19.4 Å². The minimum atomic E-state index is 0.685. The number of nitrogens with zero attached hydrogens (tertiary/aromatic N) is 1. The van der Waals surface area contributed by atoms with Gasteiger partial charge in [0.05, 0.1) is 5.01 Å². The first-order valence-electron chi connectivity index (χ1n) is 4.57. The summed E-state index contributed by atoms with van der Waals surface area (Å²) >= 11 is 1.77. The summed E-state index contributed by atoms with van der Waals surface area (Å²) in [6.45, 7) is 1.19. The molecule has 1 atom stereocenters. The fourth-order valence-electron chi connectivity index (χ4n) is 1.66. The zero-order chi connectivity index (χ0) is 8.23. The van der Waals surface area contributed by atoms with Crippen LogP contribution in [0.15, 0.2) is 11.6 Å². The van der Waals surface area contributed by atoms with Crippen molar-refractivity contribution < 1.29 is 0 Å². The van der Waals surface area contributed by atoms with Crippen molar-refractivity contribution in [3.8, 4) is 0 Å². The Hall–Kier alpha value is -0.410. The van der Waals surface area contributed by atoms with Gasteiger partial charge in [0, 0.05) is 24.0 Å². The first-order valence-corrected chi connectivity index (χ1v) is 5.45. The van der Waals surface area contributed by atoms with Crippen molar-refractivity contribution in [2.45, 2.75) is 31.7 Å². The molecule has 66 valence electrons. The van der Waals surface area contributed by atoms with Crippen LogP contribution in [0.4, 0.5) is 0 Å². The Labute approximate surface area is 77.0 Å². The van der Waals surface area contributed by atoms with Crippen molar-refractivity contribution in [2.24, 2.45) is 0 Å². The maximum Gasteiger partial charge on any atom is 0.0940 e. The van der Waals surface area contributed by atoms with Gasteiger partial charge in [0.2, 0.25) is 0 Å². The van der Waals surface area contributed by atoms with E-state index in [9.17, 15) is 0 Å². The Bertz CT molecular complexity index is 214. The highest BCUT2D eigenvalue weighted by Crippen LogP contribution is 2.13. The molecule has 0 radical (unpaired) electrons. The monoisotopic (exact) mass is 182 g/mol. The molecule has 3 heteroatoms. The van der Waals surface area contributed by atoms with Crippen LogP contribution < -0.4 is 5.32 Å². The molecule has 1 aliphatic heterocycles. The summed E-state index contributed by atoms with van der Waals surface area (Å²) < 4.78 is 0. The summed E-state index contributed by atoms with van der Waals surface area (Å²) in [4.78, 5) is 4.29. The molecule has 0 saturated carbocycles. The Balaban J connectivity index is 1.86. The van der Waals surface area contributed by atoms with Crippen molar-refractivity contribution in [3.63, 3.8) is 0 Å². The lowest BCUT2D eigenvalue weighted by atomic mass is 10.0. The summed E-state index contributed by atoms with van der Waals surface area (Å²) in [7, 11) is 0. The molecule has 2 rings (SSSR count). The summed E-state index contributed by atoms with van der Waals surface area (Å²) in [5, 5.41) is 6.85.